The summed E-state index contributed by atoms with van der Waals surface area (Å²) >= 11 is 0. The number of Topliss-reactive ketones (excluding diaryl/α,β-unsaturated/α-hetero) is 1. The van der Waals surface area contributed by atoms with Crippen molar-refractivity contribution in [2.24, 2.45) is 0 Å². The van der Waals surface area contributed by atoms with Crippen molar-refractivity contribution in [1.82, 2.24) is 0 Å². The maximum Gasteiger partial charge on any atom is 0.163 e. The lowest BCUT2D eigenvalue weighted by atomic mass is 9.89. The van der Waals surface area contributed by atoms with Gasteiger partial charge in [-0.05, 0) is 36.0 Å². The number of carbonyl (C=O) groups excluding carboxylic acids is 1. The Hall–Kier alpha value is -2.62. The minimum absolute atomic E-state index is 0.0286. The zero-order valence-electron chi connectivity index (χ0n) is 17.8. The van der Waals surface area contributed by atoms with Gasteiger partial charge in [-0.25, -0.2) is 0 Å². The van der Waals surface area contributed by atoms with Crippen LogP contribution in [-0.4, -0.2) is 19.1 Å². The first-order valence-electron chi connectivity index (χ1n) is 10.2. The number of ketones is 1. The van der Waals surface area contributed by atoms with E-state index in [-0.39, 0.29) is 11.7 Å². The van der Waals surface area contributed by atoms with Crippen molar-refractivity contribution in [2.75, 3.05) is 13.3 Å². The number of rotatable bonds is 8. The highest BCUT2D eigenvalue weighted by molar-refractivity contribution is 6.09. The first-order valence-corrected chi connectivity index (χ1v) is 10.2. The summed E-state index contributed by atoms with van der Waals surface area (Å²) in [4.78, 5) is 12.0. The van der Waals surface area contributed by atoms with Crippen LogP contribution in [0.15, 0.2) is 41.0 Å². The van der Waals surface area contributed by atoms with E-state index in [0.717, 1.165) is 27.8 Å². The Balaban J connectivity index is 2.29. The van der Waals surface area contributed by atoms with E-state index in [0.29, 0.717) is 30.1 Å². The van der Waals surface area contributed by atoms with Gasteiger partial charge in [0.2, 0.25) is 0 Å². The van der Waals surface area contributed by atoms with Gasteiger partial charge in [0.1, 0.15) is 17.6 Å². The van der Waals surface area contributed by atoms with Crippen molar-refractivity contribution in [3.8, 4) is 16.9 Å². The largest absolute Gasteiger partial charge is 0.493 e. The Kier molecular flexibility index (Phi) is 6.41. The summed E-state index contributed by atoms with van der Waals surface area (Å²) in [5.74, 6) is 1.33. The van der Waals surface area contributed by atoms with Gasteiger partial charge in [-0.3, -0.25) is 9.18 Å². The monoisotopic (exact) mass is 396 g/mol. The average Bonchev–Trinajstić information content (AvgIpc) is 3.12. The molecule has 29 heavy (non-hydrogen) atoms. The standard InChI is InChI=1S/C25H29FO3/c1-15(2)18-12-21(16(3)4)25(28-11-7-10-26)22(13-18)19-8-6-9-20-23(17(5)27)14-29-24(19)20/h6,8-9,12-16H,7,10-11H2,1-5H3. The molecule has 3 nitrogen and oxygen atoms in total. The van der Waals surface area contributed by atoms with E-state index in [1.54, 1.807) is 6.92 Å². The molecule has 1 aromatic heterocycles. The van der Waals surface area contributed by atoms with E-state index >= 15 is 0 Å². The van der Waals surface area contributed by atoms with Crippen LogP contribution in [0.25, 0.3) is 22.1 Å². The van der Waals surface area contributed by atoms with Crippen molar-refractivity contribution in [3.63, 3.8) is 0 Å². The maximum atomic E-state index is 12.7. The molecule has 0 aliphatic heterocycles. The third-order valence-corrected chi connectivity index (χ3v) is 5.22. The number of furan rings is 1. The van der Waals surface area contributed by atoms with E-state index in [1.807, 2.05) is 18.2 Å². The molecule has 0 aliphatic carbocycles. The molecule has 0 saturated heterocycles. The zero-order valence-corrected chi connectivity index (χ0v) is 17.8. The average molecular weight is 397 g/mol. The number of fused-ring (bicyclic) bond motifs is 1. The SMILES string of the molecule is CC(=O)c1coc2c(-c3cc(C(C)C)cc(C(C)C)c3OCCCF)cccc12. The molecule has 2 aromatic carbocycles. The molecule has 3 rings (SSSR count). The molecule has 0 bridgehead atoms. The predicted octanol–water partition coefficient (Wildman–Crippen LogP) is 7.29. The topological polar surface area (TPSA) is 39.4 Å². The van der Waals surface area contributed by atoms with Gasteiger partial charge in [-0.15, -0.1) is 0 Å². The van der Waals surface area contributed by atoms with E-state index in [1.165, 1.54) is 11.8 Å². The molecular weight excluding hydrogens is 367 g/mol. The van der Waals surface area contributed by atoms with Gasteiger partial charge in [0.25, 0.3) is 0 Å². The van der Waals surface area contributed by atoms with Crippen LogP contribution >= 0.6 is 0 Å². The van der Waals surface area contributed by atoms with Gasteiger partial charge in [-0.2, -0.15) is 0 Å². The Morgan fingerprint density at radius 2 is 1.86 bits per heavy atom. The highest BCUT2D eigenvalue weighted by Crippen LogP contribution is 2.43. The molecule has 0 spiro atoms. The maximum absolute atomic E-state index is 12.7. The van der Waals surface area contributed by atoms with Crippen LogP contribution in [0, 0.1) is 0 Å². The van der Waals surface area contributed by atoms with Crippen LogP contribution < -0.4 is 4.74 Å². The summed E-state index contributed by atoms with van der Waals surface area (Å²) in [5, 5.41) is 0.797. The van der Waals surface area contributed by atoms with E-state index in [4.69, 9.17) is 9.15 Å². The zero-order chi connectivity index (χ0) is 21.1. The van der Waals surface area contributed by atoms with Crippen LogP contribution in [0.2, 0.25) is 0 Å². The van der Waals surface area contributed by atoms with Crippen molar-refractivity contribution in [1.29, 1.82) is 0 Å². The lowest BCUT2D eigenvalue weighted by molar-refractivity contribution is 0.101. The van der Waals surface area contributed by atoms with E-state index in [2.05, 4.69) is 39.8 Å². The fraction of sp³-hybridized carbons (Fsp3) is 0.400. The van der Waals surface area contributed by atoms with E-state index < -0.39 is 6.67 Å². The molecule has 3 aromatic rings. The predicted molar refractivity (Wildman–Crippen MR) is 116 cm³/mol. The molecule has 1 heterocycles. The minimum atomic E-state index is -0.411. The van der Waals surface area contributed by atoms with Crippen molar-refractivity contribution >= 4 is 16.8 Å². The fourth-order valence-electron chi connectivity index (χ4n) is 3.57. The molecule has 0 radical (unpaired) electrons. The van der Waals surface area contributed by atoms with Crippen molar-refractivity contribution in [2.45, 2.75) is 52.9 Å². The third-order valence-electron chi connectivity index (χ3n) is 5.22. The molecule has 0 amide bonds. The first-order chi connectivity index (χ1) is 13.8. The highest BCUT2D eigenvalue weighted by atomic mass is 19.1. The third kappa shape index (κ3) is 4.21. The van der Waals surface area contributed by atoms with Gasteiger partial charge in [-0.1, -0.05) is 52.0 Å². The first kappa shape index (κ1) is 21.1. The van der Waals surface area contributed by atoms with Gasteiger partial charge >= 0.3 is 0 Å². The van der Waals surface area contributed by atoms with Gasteiger partial charge in [0, 0.05) is 22.9 Å². The molecule has 0 saturated carbocycles. The molecule has 4 heteroatoms. The summed E-state index contributed by atoms with van der Waals surface area (Å²) in [6.07, 6.45) is 1.87. The lowest BCUT2D eigenvalue weighted by Crippen LogP contribution is -2.05. The number of para-hydroxylation sites is 1. The van der Waals surface area contributed by atoms with Gasteiger partial charge in [0.05, 0.1) is 18.8 Å². The fourth-order valence-corrected chi connectivity index (χ4v) is 3.57. The number of alkyl halides is 1. The van der Waals surface area contributed by atoms with Gasteiger partial charge in [0.15, 0.2) is 5.78 Å². The van der Waals surface area contributed by atoms with Crippen LogP contribution in [-0.2, 0) is 0 Å². The minimum Gasteiger partial charge on any atom is -0.493 e. The Bertz CT molecular complexity index is 1010. The second-order valence-corrected chi connectivity index (χ2v) is 8.08. The molecule has 0 N–H and O–H groups in total. The van der Waals surface area contributed by atoms with E-state index in [9.17, 15) is 9.18 Å². The second kappa shape index (κ2) is 8.81. The van der Waals surface area contributed by atoms with Gasteiger partial charge < -0.3 is 9.15 Å². The Morgan fingerprint density at radius 1 is 1.10 bits per heavy atom. The van der Waals surface area contributed by atoms with Crippen LogP contribution in [0.3, 0.4) is 0 Å². The van der Waals surface area contributed by atoms with Crippen molar-refractivity contribution in [3.05, 3.63) is 53.3 Å². The van der Waals surface area contributed by atoms with Crippen molar-refractivity contribution < 1.29 is 18.3 Å². The molecule has 0 aliphatic rings. The molecule has 0 fully saturated rings. The number of hydrogen-bond acceptors (Lipinski definition) is 3. The van der Waals surface area contributed by atoms with Crippen LogP contribution in [0.1, 0.15) is 74.4 Å². The summed E-state index contributed by atoms with van der Waals surface area (Å²) in [7, 11) is 0. The Labute approximate surface area is 171 Å². The number of ether oxygens (including phenoxy) is 1. The molecule has 0 unspecified atom stereocenters. The summed E-state index contributed by atoms with van der Waals surface area (Å²) < 4.78 is 24.7. The molecule has 0 atom stereocenters. The lowest BCUT2D eigenvalue weighted by Gasteiger charge is -2.21. The summed E-state index contributed by atoms with van der Waals surface area (Å²) in [6, 6.07) is 10.1. The number of carbonyl (C=O) groups is 1. The number of halogens is 1. The quantitative estimate of drug-likeness (QED) is 0.296. The smallest absolute Gasteiger partial charge is 0.163 e. The molecular formula is C25H29FO3. The van der Waals surface area contributed by atoms with Crippen LogP contribution in [0.4, 0.5) is 4.39 Å². The summed E-state index contributed by atoms with van der Waals surface area (Å²) in [6.45, 7) is 10.0. The summed E-state index contributed by atoms with van der Waals surface area (Å²) in [5.41, 5.74) is 5.36. The normalized spacial score (nSPS) is 11.6. The number of hydrogen-bond donors (Lipinski definition) is 0. The molecule has 154 valence electrons. The Morgan fingerprint density at radius 3 is 2.48 bits per heavy atom. The van der Waals surface area contributed by atoms with Crippen LogP contribution in [0.5, 0.6) is 5.75 Å². The number of benzene rings is 2. The second-order valence-electron chi connectivity index (χ2n) is 8.08. The highest BCUT2D eigenvalue weighted by Gasteiger charge is 2.21.